The van der Waals surface area contributed by atoms with Gasteiger partial charge in [0.05, 0.1) is 36.0 Å². The van der Waals surface area contributed by atoms with Crippen LogP contribution < -0.4 is 15.1 Å². The van der Waals surface area contributed by atoms with E-state index in [0.717, 1.165) is 4.90 Å². The highest BCUT2D eigenvalue weighted by molar-refractivity contribution is 6.09. The van der Waals surface area contributed by atoms with E-state index in [4.69, 9.17) is 0 Å². The van der Waals surface area contributed by atoms with E-state index in [1.807, 2.05) is 0 Å². The summed E-state index contributed by atoms with van der Waals surface area (Å²) in [6, 6.07) is 10.8. The Balaban J connectivity index is 1.53. The van der Waals surface area contributed by atoms with Crippen LogP contribution in [0.25, 0.3) is 11.1 Å². The number of alkyl halides is 2. The number of amides is 2. The fourth-order valence-electron chi connectivity index (χ4n) is 4.53. The first-order chi connectivity index (χ1) is 17.5. The molecule has 0 bridgehead atoms. The molecule has 1 saturated heterocycles. The summed E-state index contributed by atoms with van der Waals surface area (Å²) < 4.78 is 42.5. The second kappa shape index (κ2) is 8.99. The lowest BCUT2D eigenvalue weighted by Crippen LogP contribution is -2.56. The molecule has 0 aliphatic carbocycles. The third kappa shape index (κ3) is 4.52. The number of nitrogens with zero attached hydrogens (tertiary/aromatic N) is 4. The number of hydrogen-bond donors (Lipinski definition) is 1. The molecule has 0 unspecified atom stereocenters. The van der Waals surface area contributed by atoms with Crippen molar-refractivity contribution in [3.05, 3.63) is 65.9 Å². The normalized spacial score (nSPS) is 17.9. The zero-order valence-electron chi connectivity index (χ0n) is 20.0. The van der Waals surface area contributed by atoms with E-state index in [-0.39, 0.29) is 22.9 Å². The number of ketones is 1. The summed E-state index contributed by atoms with van der Waals surface area (Å²) >= 11 is 0. The summed E-state index contributed by atoms with van der Waals surface area (Å²) in [6.45, 7) is 1.30. The summed E-state index contributed by atoms with van der Waals surface area (Å²) in [4.78, 5) is 48.6. The number of hydrogen-bond acceptors (Lipinski definition) is 6. The van der Waals surface area contributed by atoms with Gasteiger partial charge in [0.2, 0.25) is 17.8 Å². The molecule has 0 saturated carbocycles. The lowest BCUT2D eigenvalue weighted by molar-refractivity contribution is -0.122. The fourth-order valence-corrected chi connectivity index (χ4v) is 4.53. The van der Waals surface area contributed by atoms with Crippen LogP contribution in [-0.2, 0) is 9.59 Å². The average molecular weight is 509 g/mol. The Morgan fingerprint density at radius 3 is 2.51 bits per heavy atom. The van der Waals surface area contributed by atoms with Crippen molar-refractivity contribution in [1.29, 1.82) is 0 Å². The number of rotatable bonds is 5. The maximum Gasteiger partial charge on any atom is 0.282 e. The zero-order chi connectivity index (χ0) is 26.5. The summed E-state index contributed by atoms with van der Waals surface area (Å²) in [5, 5.41) is 2.67. The number of anilines is 3. The molecular formula is C26H22F3N5O3. The largest absolute Gasteiger partial charge is 0.344 e. The van der Waals surface area contributed by atoms with E-state index < -0.39 is 49.2 Å². The minimum Gasteiger partial charge on any atom is -0.344 e. The van der Waals surface area contributed by atoms with Gasteiger partial charge in [0.25, 0.3) is 5.92 Å². The van der Waals surface area contributed by atoms with Crippen molar-refractivity contribution >= 4 is 34.8 Å². The van der Waals surface area contributed by atoms with Gasteiger partial charge in [-0.05, 0) is 44.2 Å². The van der Waals surface area contributed by atoms with E-state index in [1.165, 1.54) is 24.1 Å². The first-order valence-corrected chi connectivity index (χ1v) is 11.5. The Bertz CT molecular complexity index is 1420. The number of pyridine rings is 2. The molecule has 4 heterocycles. The number of fused-ring (bicyclic) bond motifs is 3. The third-order valence-electron chi connectivity index (χ3n) is 6.43. The molecular weight excluding hydrogens is 487 g/mol. The van der Waals surface area contributed by atoms with Crippen molar-refractivity contribution in [1.82, 2.24) is 9.97 Å². The molecule has 1 N–H and O–H groups in total. The van der Waals surface area contributed by atoms with Crippen molar-refractivity contribution < 1.29 is 27.6 Å². The summed E-state index contributed by atoms with van der Waals surface area (Å²) in [5.41, 5.74) is 1.55. The number of Topliss-reactive ketones (excluding diaryl/α,β-unsaturated/α-hetero) is 1. The highest BCUT2D eigenvalue weighted by Gasteiger charge is 2.45. The highest BCUT2D eigenvalue weighted by Crippen LogP contribution is 2.43. The molecule has 1 fully saturated rings. The van der Waals surface area contributed by atoms with Crippen LogP contribution in [-0.4, -0.2) is 53.1 Å². The quantitative estimate of drug-likeness (QED) is 0.412. The van der Waals surface area contributed by atoms with Crippen LogP contribution in [0.15, 0.2) is 48.7 Å². The molecule has 2 aliphatic rings. The monoisotopic (exact) mass is 509 g/mol. The molecule has 11 heteroatoms. The van der Waals surface area contributed by atoms with Crippen molar-refractivity contribution in [2.45, 2.75) is 25.7 Å². The molecule has 2 aliphatic heterocycles. The van der Waals surface area contributed by atoms with Gasteiger partial charge in [-0.25, -0.2) is 13.8 Å². The van der Waals surface area contributed by atoms with Gasteiger partial charge >= 0.3 is 0 Å². The van der Waals surface area contributed by atoms with Gasteiger partial charge in [-0.2, -0.15) is 4.39 Å². The van der Waals surface area contributed by atoms with Crippen LogP contribution in [0.5, 0.6) is 0 Å². The number of halogens is 3. The standard InChI is InChI=1S/C26H22F3N5O3/c1-14-23-18(4-3-9-30-23)22-19(10-20(32-24(22)27)33-12-26(28,29)13-33)34(25(14)37)11-21(36)31-17-7-5-16(6-8-17)15(2)35/h3-10,14H,11-13H2,1-2H3,(H,31,36)/t14-/m1/s1. The Morgan fingerprint density at radius 2 is 1.86 bits per heavy atom. The van der Waals surface area contributed by atoms with Gasteiger partial charge in [-0.15, -0.1) is 0 Å². The van der Waals surface area contributed by atoms with Gasteiger partial charge in [0.1, 0.15) is 12.4 Å². The van der Waals surface area contributed by atoms with Crippen LogP contribution in [0.2, 0.25) is 0 Å². The van der Waals surface area contributed by atoms with Crippen LogP contribution in [0, 0.1) is 5.95 Å². The minimum absolute atomic E-state index is 0.0320. The summed E-state index contributed by atoms with van der Waals surface area (Å²) in [6.07, 6.45) is 1.48. The molecule has 2 aromatic heterocycles. The Labute approximate surface area is 210 Å². The molecule has 1 atom stereocenters. The number of benzene rings is 1. The topological polar surface area (TPSA) is 95.5 Å². The van der Waals surface area contributed by atoms with E-state index in [2.05, 4.69) is 15.3 Å². The van der Waals surface area contributed by atoms with E-state index in [1.54, 1.807) is 43.3 Å². The van der Waals surface area contributed by atoms with E-state index in [9.17, 15) is 23.2 Å². The molecule has 8 nitrogen and oxygen atoms in total. The molecule has 5 rings (SSSR count). The summed E-state index contributed by atoms with van der Waals surface area (Å²) in [7, 11) is 0. The SMILES string of the molecule is CC(=O)c1ccc(NC(=O)CN2C(=O)[C@H](C)c3ncccc3-c3c2cc(N2CC(F)(F)C2)nc3F)cc1. The van der Waals surface area contributed by atoms with Crippen molar-refractivity contribution in [2.75, 3.05) is 34.8 Å². The third-order valence-corrected chi connectivity index (χ3v) is 6.43. The molecule has 0 radical (unpaired) electrons. The summed E-state index contributed by atoms with van der Waals surface area (Å²) in [5.74, 6) is -5.95. The number of nitrogens with one attached hydrogen (secondary N) is 1. The Morgan fingerprint density at radius 1 is 1.16 bits per heavy atom. The smallest absolute Gasteiger partial charge is 0.282 e. The predicted octanol–water partition coefficient (Wildman–Crippen LogP) is 4.03. The minimum atomic E-state index is -2.91. The fraction of sp³-hybridized carbons (Fsp3) is 0.269. The maximum atomic E-state index is 15.5. The van der Waals surface area contributed by atoms with Crippen LogP contribution in [0.3, 0.4) is 0 Å². The molecule has 2 amide bonds. The van der Waals surface area contributed by atoms with Crippen molar-refractivity contribution in [3.8, 4) is 11.1 Å². The maximum absolute atomic E-state index is 15.5. The van der Waals surface area contributed by atoms with Gasteiger partial charge < -0.3 is 15.1 Å². The van der Waals surface area contributed by atoms with E-state index >= 15 is 4.39 Å². The number of carbonyl (C=O) groups is 3. The average Bonchev–Trinajstić information content (AvgIpc) is 2.92. The molecule has 0 spiro atoms. The highest BCUT2D eigenvalue weighted by atomic mass is 19.3. The molecule has 190 valence electrons. The van der Waals surface area contributed by atoms with Crippen LogP contribution in [0.4, 0.5) is 30.4 Å². The molecule has 1 aromatic carbocycles. The first kappa shape index (κ1) is 24.4. The first-order valence-electron chi connectivity index (χ1n) is 11.5. The Hall–Kier alpha value is -4.28. The lowest BCUT2D eigenvalue weighted by Gasteiger charge is -2.40. The number of aromatic nitrogens is 2. The number of carbonyl (C=O) groups excluding carboxylic acids is 3. The second-order valence-corrected chi connectivity index (χ2v) is 9.14. The van der Waals surface area contributed by atoms with Crippen molar-refractivity contribution in [2.24, 2.45) is 0 Å². The molecule has 37 heavy (non-hydrogen) atoms. The second-order valence-electron chi connectivity index (χ2n) is 9.14. The van der Waals surface area contributed by atoms with E-state index in [0.29, 0.717) is 22.5 Å². The van der Waals surface area contributed by atoms with Gasteiger partial charge in [-0.1, -0.05) is 6.07 Å². The van der Waals surface area contributed by atoms with Crippen LogP contribution >= 0.6 is 0 Å². The molecule has 3 aromatic rings. The van der Waals surface area contributed by atoms with Gasteiger partial charge in [-0.3, -0.25) is 19.4 Å². The van der Waals surface area contributed by atoms with Gasteiger partial charge in [0.15, 0.2) is 5.78 Å². The van der Waals surface area contributed by atoms with Crippen molar-refractivity contribution in [3.63, 3.8) is 0 Å². The Kier molecular flexibility index (Phi) is 5.93. The zero-order valence-corrected chi connectivity index (χ0v) is 20.0. The predicted molar refractivity (Wildman–Crippen MR) is 130 cm³/mol. The van der Waals surface area contributed by atoms with Crippen LogP contribution in [0.1, 0.15) is 35.8 Å². The lowest BCUT2D eigenvalue weighted by atomic mass is 9.98. The van der Waals surface area contributed by atoms with Gasteiger partial charge in [0, 0.05) is 29.1 Å².